The number of carbonyl (C=O) groups is 2. The molecule has 0 radical (unpaired) electrons. The van der Waals surface area contributed by atoms with Crippen molar-refractivity contribution in [1.82, 2.24) is 4.90 Å². The van der Waals surface area contributed by atoms with Gasteiger partial charge in [-0.2, -0.15) is 0 Å². The molecule has 6 heteroatoms. The number of nitrogens with zero attached hydrogens (tertiary/aromatic N) is 1. The zero-order chi connectivity index (χ0) is 18.8. The van der Waals surface area contributed by atoms with Crippen molar-refractivity contribution in [2.75, 3.05) is 33.9 Å². The Balaban J connectivity index is 1.96. The normalized spacial score (nSPS) is 10.1. The maximum absolute atomic E-state index is 12.7. The van der Waals surface area contributed by atoms with Crippen molar-refractivity contribution in [2.24, 2.45) is 0 Å². The monoisotopic (exact) mass is 357 g/mol. The quantitative estimate of drug-likeness (QED) is 0.646. The summed E-state index contributed by atoms with van der Waals surface area (Å²) in [5.74, 6) is 0.932. The second-order valence-corrected chi connectivity index (χ2v) is 5.51. The van der Waals surface area contributed by atoms with Crippen LogP contribution in [0.3, 0.4) is 0 Å². The zero-order valence-electron chi connectivity index (χ0n) is 15.0. The Morgan fingerprint density at radius 1 is 0.885 bits per heavy atom. The molecule has 2 rings (SSSR count). The van der Waals surface area contributed by atoms with Gasteiger partial charge in [-0.1, -0.05) is 18.2 Å². The Hall–Kier alpha value is -3.02. The van der Waals surface area contributed by atoms with E-state index < -0.39 is 0 Å². The molecular formula is C20H23NO5. The summed E-state index contributed by atoms with van der Waals surface area (Å²) in [5.41, 5.74) is 0.571. The van der Waals surface area contributed by atoms with Crippen molar-refractivity contribution in [3.63, 3.8) is 0 Å². The van der Waals surface area contributed by atoms with Crippen LogP contribution in [0.4, 0.5) is 0 Å². The lowest BCUT2D eigenvalue weighted by atomic mass is 10.2. The van der Waals surface area contributed by atoms with E-state index in [4.69, 9.17) is 9.47 Å². The van der Waals surface area contributed by atoms with Gasteiger partial charge in [0, 0.05) is 12.1 Å². The number of carbonyl (C=O) groups excluding carboxylic acids is 2. The van der Waals surface area contributed by atoms with Crippen LogP contribution in [-0.2, 0) is 9.53 Å². The van der Waals surface area contributed by atoms with Gasteiger partial charge in [0.05, 0.1) is 27.2 Å². The van der Waals surface area contributed by atoms with Crippen molar-refractivity contribution in [3.05, 3.63) is 60.2 Å². The molecule has 0 atom stereocenters. The van der Waals surface area contributed by atoms with E-state index in [1.165, 1.54) is 7.11 Å². The Labute approximate surface area is 153 Å². The predicted molar refractivity (Wildman–Crippen MR) is 97.5 cm³/mol. The van der Waals surface area contributed by atoms with Crippen molar-refractivity contribution < 1.29 is 23.8 Å². The van der Waals surface area contributed by atoms with Crippen molar-refractivity contribution in [2.45, 2.75) is 6.42 Å². The second kappa shape index (κ2) is 10.1. The fourth-order valence-corrected chi connectivity index (χ4v) is 2.35. The van der Waals surface area contributed by atoms with Gasteiger partial charge >= 0.3 is 5.97 Å². The van der Waals surface area contributed by atoms with Gasteiger partial charge in [0.25, 0.3) is 5.91 Å². The number of rotatable bonds is 9. The van der Waals surface area contributed by atoms with Gasteiger partial charge in [-0.05, 0) is 36.4 Å². The molecule has 2 aromatic rings. The Kier molecular flexibility index (Phi) is 7.49. The minimum atomic E-state index is -0.355. The molecule has 26 heavy (non-hydrogen) atoms. The smallest absolute Gasteiger partial charge is 0.307 e. The van der Waals surface area contributed by atoms with Crippen LogP contribution in [0, 0.1) is 0 Å². The fraction of sp³-hybridized carbons (Fsp3) is 0.300. The topological polar surface area (TPSA) is 65.1 Å². The molecule has 0 spiro atoms. The van der Waals surface area contributed by atoms with Gasteiger partial charge in [-0.25, -0.2) is 0 Å². The van der Waals surface area contributed by atoms with E-state index in [-0.39, 0.29) is 24.8 Å². The van der Waals surface area contributed by atoms with E-state index in [1.807, 2.05) is 6.07 Å². The molecule has 0 unspecified atom stereocenters. The molecule has 0 saturated heterocycles. The van der Waals surface area contributed by atoms with E-state index in [2.05, 4.69) is 4.74 Å². The zero-order valence-corrected chi connectivity index (χ0v) is 15.0. The minimum absolute atomic E-state index is 0.137. The molecule has 0 bridgehead atoms. The van der Waals surface area contributed by atoms with Crippen LogP contribution in [0.1, 0.15) is 16.8 Å². The highest BCUT2D eigenvalue weighted by molar-refractivity contribution is 5.94. The summed E-state index contributed by atoms with van der Waals surface area (Å²) in [6, 6.07) is 16.2. The van der Waals surface area contributed by atoms with Gasteiger partial charge < -0.3 is 19.1 Å². The van der Waals surface area contributed by atoms with E-state index >= 15 is 0 Å². The van der Waals surface area contributed by atoms with Crippen LogP contribution in [0.25, 0.3) is 0 Å². The minimum Gasteiger partial charge on any atom is -0.497 e. The number of amides is 1. The number of benzene rings is 2. The lowest BCUT2D eigenvalue weighted by molar-refractivity contribution is -0.140. The standard InChI is InChI=1S/C20H23NO5/c1-24-17-8-10-18(11-9-17)26-15-14-21(13-12-19(22)25-2)20(23)16-6-4-3-5-7-16/h3-11H,12-15H2,1-2H3. The molecule has 138 valence electrons. The predicted octanol–water partition coefficient (Wildman–Crippen LogP) is 2.78. The van der Waals surface area contributed by atoms with Crippen molar-refractivity contribution in [3.8, 4) is 11.5 Å². The van der Waals surface area contributed by atoms with Gasteiger partial charge in [0.1, 0.15) is 18.1 Å². The molecular weight excluding hydrogens is 334 g/mol. The number of esters is 1. The molecule has 6 nitrogen and oxygen atoms in total. The molecule has 0 fully saturated rings. The number of ether oxygens (including phenoxy) is 3. The third-order valence-electron chi connectivity index (χ3n) is 3.81. The molecule has 2 aromatic carbocycles. The summed E-state index contributed by atoms with van der Waals surface area (Å²) in [5, 5.41) is 0. The third kappa shape index (κ3) is 5.81. The summed E-state index contributed by atoms with van der Waals surface area (Å²) >= 11 is 0. The number of hydrogen-bond acceptors (Lipinski definition) is 5. The van der Waals surface area contributed by atoms with Crippen LogP contribution < -0.4 is 9.47 Å². The van der Waals surface area contributed by atoms with Crippen LogP contribution >= 0.6 is 0 Å². The SMILES string of the molecule is COC(=O)CCN(CCOc1ccc(OC)cc1)C(=O)c1ccccc1. The first kappa shape index (κ1) is 19.3. The first-order valence-electron chi connectivity index (χ1n) is 8.32. The first-order valence-corrected chi connectivity index (χ1v) is 8.32. The Bertz CT molecular complexity index is 700. The second-order valence-electron chi connectivity index (χ2n) is 5.51. The third-order valence-corrected chi connectivity index (χ3v) is 3.81. The number of hydrogen-bond donors (Lipinski definition) is 0. The summed E-state index contributed by atoms with van der Waals surface area (Å²) < 4.78 is 15.5. The molecule has 0 heterocycles. The number of methoxy groups -OCH3 is 2. The van der Waals surface area contributed by atoms with Crippen LogP contribution in [-0.4, -0.2) is 50.7 Å². The molecule has 0 aromatic heterocycles. The summed E-state index contributed by atoms with van der Waals surface area (Å²) in [6.07, 6.45) is 0.137. The lowest BCUT2D eigenvalue weighted by Crippen LogP contribution is -2.36. The van der Waals surface area contributed by atoms with Gasteiger partial charge in [-0.3, -0.25) is 9.59 Å². The van der Waals surface area contributed by atoms with Crippen LogP contribution in [0.5, 0.6) is 11.5 Å². The summed E-state index contributed by atoms with van der Waals surface area (Å²) in [6.45, 7) is 0.940. The van der Waals surface area contributed by atoms with Crippen molar-refractivity contribution >= 4 is 11.9 Å². The lowest BCUT2D eigenvalue weighted by Gasteiger charge is -2.22. The van der Waals surface area contributed by atoms with Gasteiger partial charge in [-0.15, -0.1) is 0 Å². The molecule has 0 aliphatic carbocycles. The average molecular weight is 357 g/mol. The van der Waals surface area contributed by atoms with E-state index in [0.717, 1.165) is 5.75 Å². The van der Waals surface area contributed by atoms with Gasteiger partial charge in [0.2, 0.25) is 0 Å². The van der Waals surface area contributed by atoms with E-state index in [9.17, 15) is 9.59 Å². The Morgan fingerprint density at radius 2 is 1.54 bits per heavy atom. The highest BCUT2D eigenvalue weighted by atomic mass is 16.5. The van der Waals surface area contributed by atoms with Crippen molar-refractivity contribution in [1.29, 1.82) is 0 Å². The average Bonchev–Trinajstić information content (AvgIpc) is 2.70. The maximum atomic E-state index is 12.7. The van der Waals surface area contributed by atoms with Gasteiger partial charge in [0.15, 0.2) is 0 Å². The summed E-state index contributed by atoms with van der Waals surface area (Å²) in [4.78, 5) is 25.7. The van der Waals surface area contributed by atoms with Crippen LogP contribution in [0.2, 0.25) is 0 Å². The molecule has 1 amide bonds. The highest BCUT2D eigenvalue weighted by Gasteiger charge is 2.17. The molecule has 0 saturated carbocycles. The molecule has 0 N–H and O–H groups in total. The van der Waals surface area contributed by atoms with E-state index in [0.29, 0.717) is 24.5 Å². The Morgan fingerprint density at radius 3 is 2.15 bits per heavy atom. The van der Waals surface area contributed by atoms with Crippen LogP contribution in [0.15, 0.2) is 54.6 Å². The first-order chi connectivity index (χ1) is 12.6. The molecule has 0 aliphatic rings. The largest absolute Gasteiger partial charge is 0.497 e. The maximum Gasteiger partial charge on any atom is 0.307 e. The highest BCUT2D eigenvalue weighted by Crippen LogP contribution is 2.17. The fourth-order valence-electron chi connectivity index (χ4n) is 2.35. The molecule has 0 aliphatic heterocycles. The van der Waals surface area contributed by atoms with E-state index in [1.54, 1.807) is 60.5 Å². The summed E-state index contributed by atoms with van der Waals surface area (Å²) in [7, 11) is 2.93.